The number of amides is 2. The van der Waals surface area contributed by atoms with Crippen LogP contribution in [0.5, 0.6) is 0 Å². The number of anilines is 1. The van der Waals surface area contributed by atoms with Crippen molar-refractivity contribution in [3.8, 4) is 0 Å². The fourth-order valence-corrected chi connectivity index (χ4v) is 5.11. The lowest BCUT2D eigenvalue weighted by atomic mass is 10.0. The van der Waals surface area contributed by atoms with Crippen LogP contribution in [0.2, 0.25) is 5.02 Å². The third-order valence-electron chi connectivity index (χ3n) is 5.97. The second-order valence-corrected chi connectivity index (χ2v) is 12.1. The maximum Gasteiger partial charge on any atom is 0.244 e. The Labute approximate surface area is 234 Å². The van der Waals surface area contributed by atoms with Crippen LogP contribution in [0.25, 0.3) is 0 Å². The van der Waals surface area contributed by atoms with Crippen LogP contribution < -0.4 is 9.62 Å². The molecule has 1 N–H and O–H groups in total. The fraction of sp³-hybridized carbons (Fsp3) is 0.310. The van der Waals surface area contributed by atoms with E-state index < -0.39 is 34.3 Å². The van der Waals surface area contributed by atoms with E-state index in [1.807, 2.05) is 44.2 Å². The Hall–Kier alpha value is -3.43. The third kappa shape index (κ3) is 9.07. The molecule has 3 aromatic rings. The van der Waals surface area contributed by atoms with Crippen molar-refractivity contribution in [2.24, 2.45) is 5.92 Å². The smallest absolute Gasteiger partial charge is 0.244 e. The molecule has 208 valence electrons. The summed E-state index contributed by atoms with van der Waals surface area (Å²) >= 11 is 6.20. The highest BCUT2D eigenvalue weighted by molar-refractivity contribution is 7.92. The molecular formula is C29H33ClFN3O4S. The van der Waals surface area contributed by atoms with Crippen molar-refractivity contribution in [1.82, 2.24) is 10.2 Å². The van der Waals surface area contributed by atoms with Crippen LogP contribution in [0.4, 0.5) is 10.1 Å². The molecule has 0 aliphatic carbocycles. The van der Waals surface area contributed by atoms with E-state index in [2.05, 4.69) is 5.32 Å². The van der Waals surface area contributed by atoms with E-state index in [0.29, 0.717) is 17.1 Å². The summed E-state index contributed by atoms with van der Waals surface area (Å²) in [5, 5.41) is 3.38. The summed E-state index contributed by atoms with van der Waals surface area (Å²) in [5.74, 6) is -1.44. The third-order valence-corrected chi connectivity index (χ3v) is 7.35. The molecule has 3 aromatic carbocycles. The van der Waals surface area contributed by atoms with E-state index in [9.17, 15) is 22.4 Å². The second kappa shape index (κ2) is 13.6. The maximum atomic E-state index is 14.0. The largest absolute Gasteiger partial charge is 0.354 e. The molecule has 3 rings (SSSR count). The molecule has 39 heavy (non-hydrogen) atoms. The molecule has 0 fully saturated rings. The van der Waals surface area contributed by atoms with Crippen molar-refractivity contribution in [2.45, 2.75) is 32.9 Å². The first-order valence-corrected chi connectivity index (χ1v) is 14.8. The molecule has 0 heterocycles. The quantitative estimate of drug-likeness (QED) is 0.341. The minimum atomic E-state index is -3.97. The Morgan fingerprint density at radius 3 is 2.23 bits per heavy atom. The number of hydrogen-bond donors (Lipinski definition) is 1. The summed E-state index contributed by atoms with van der Waals surface area (Å²) in [6, 6.07) is 20.2. The summed E-state index contributed by atoms with van der Waals surface area (Å²) in [4.78, 5) is 28.8. The van der Waals surface area contributed by atoms with Gasteiger partial charge in [-0.25, -0.2) is 12.8 Å². The highest BCUT2D eigenvalue weighted by Gasteiger charge is 2.33. The molecule has 0 saturated carbocycles. The summed E-state index contributed by atoms with van der Waals surface area (Å²) in [5.41, 5.74) is 1.51. The number of halogens is 2. The minimum Gasteiger partial charge on any atom is -0.354 e. The molecular weight excluding hydrogens is 541 g/mol. The number of benzene rings is 3. The van der Waals surface area contributed by atoms with Gasteiger partial charge in [0, 0.05) is 24.5 Å². The number of carbonyl (C=O) groups excluding carboxylic acids is 2. The van der Waals surface area contributed by atoms with Gasteiger partial charge < -0.3 is 10.2 Å². The SMILES string of the molecule is CC(C)CNC(=O)[C@H](Cc1ccccc1)N(Cc1cccc(Cl)c1)C(=O)CN(c1cccc(F)c1)S(C)(=O)=O. The molecule has 0 spiro atoms. The van der Waals surface area contributed by atoms with Gasteiger partial charge in [-0.3, -0.25) is 13.9 Å². The van der Waals surface area contributed by atoms with E-state index in [4.69, 9.17) is 11.6 Å². The van der Waals surface area contributed by atoms with E-state index in [0.717, 1.165) is 22.2 Å². The topological polar surface area (TPSA) is 86.8 Å². The van der Waals surface area contributed by atoms with Gasteiger partial charge in [0.25, 0.3) is 0 Å². The van der Waals surface area contributed by atoms with Crippen LogP contribution in [0.1, 0.15) is 25.0 Å². The monoisotopic (exact) mass is 573 g/mol. The Balaban J connectivity index is 2.05. The van der Waals surface area contributed by atoms with Gasteiger partial charge in [0.05, 0.1) is 11.9 Å². The van der Waals surface area contributed by atoms with Crippen molar-refractivity contribution in [1.29, 1.82) is 0 Å². The number of nitrogens with zero attached hydrogens (tertiary/aromatic N) is 2. The van der Waals surface area contributed by atoms with Gasteiger partial charge in [-0.05, 0) is 47.4 Å². The van der Waals surface area contributed by atoms with E-state index in [1.54, 1.807) is 24.3 Å². The lowest BCUT2D eigenvalue weighted by Gasteiger charge is -2.33. The van der Waals surface area contributed by atoms with Crippen LogP contribution in [-0.2, 0) is 32.6 Å². The van der Waals surface area contributed by atoms with Crippen LogP contribution in [-0.4, -0.2) is 50.5 Å². The normalized spacial score (nSPS) is 12.2. The molecule has 10 heteroatoms. The molecule has 0 bridgehead atoms. The molecule has 2 amide bonds. The van der Waals surface area contributed by atoms with Crippen LogP contribution in [0.3, 0.4) is 0 Å². The summed E-state index contributed by atoms with van der Waals surface area (Å²) in [6.45, 7) is 3.72. The Morgan fingerprint density at radius 2 is 1.62 bits per heavy atom. The number of rotatable bonds is 12. The standard InChI is InChI=1S/C29H33ClFN3O4S/c1-21(2)18-32-29(36)27(16-22-9-5-4-6-10-22)33(19-23-11-7-12-24(30)15-23)28(35)20-34(39(3,37)38)26-14-8-13-25(31)17-26/h4-15,17,21,27H,16,18-20H2,1-3H3,(H,32,36)/t27-/m0/s1. The molecule has 0 aliphatic heterocycles. The van der Waals surface area contributed by atoms with Gasteiger partial charge in [0.2, 0.25) is 21.8 Å². The minimum absolute atomic E-state index is 0.00669. The van der Waals surface area contributed by atoms with Crippen molar-refractivity contribution < 1.29 is 22.4 Å². The van der Waals surface area contributed by atoms with Gasteiger partial charge in [-0.1, -0.05) is 74.0 Å². The first-order valence-electron chi connectivity index (χ1n) is 12.5. The molecule has 1 atom stereocenters. The van der Waals surface area contributed by atoms with Gasteiger partial charge in [-0.2, -0.15) is 0 Å². The molecule has 0 saturated heterocycles. The number of nitrogens with one attached hydrogen (secondary N) is 1. The molecule has 0 aromatic heterocycles. The van der Waals surface area contributed by atoms with Crippen molar-refractivity contribution in [3.63, 3.8) is 0 Å². The lowest BCUT2D eigenvalue weighted by Crippen LogP contribution is -2.53. The summed E-state index contributed by atoms with van der Waals surface area (Å²) < 4.78 is 40.2. The highest BCUT2D eigenvalue weighted by Crippen LogP contribution is 2.22. The van der Waals surface area contributed by atoms with Crippen molar-refractivity contribution in [3.05, 3.63) is 101 Å². The Kier molecular flexibility index (Phi) is 10.5. The number of sulfonamides is 1. The van der Waals surface area contributed by atoms with E-state index in [-0.39, 0.29) is 30.5 Å². The molecule has 0 aliphatic rings. The van der Waals surface area contributed by atoms with Crippen LogP contribution in [0, 0.1) is 11.7 Å². The highest BCUT2D eigenvalue weighted by atomic mass is 35.5. The molecule has 0 radical (unpaired) electrons. The lowest BCUT2D eigenvalue weighted by molar-refractivity contribution is -0.140. The first-order chi connectivity index (χ1) is 18.4. The number of hydrogen-bond acceptors (Lipinski definition) is 4. The average molecular weight is 574 g/mol. The van der Waals surface area contributed by atoms with Gasteiger partial charge >= 0.3 is 0 Å². The molecule has 0 unspecified atom stereocenters. The van der Waals surface area contributed by atoms with Gasteiger partial charge in [0.15, 0.2) is 0 Å². The zero-order valence-electron chi connectivity index (χ0n) is 22.2. The predicted octanol–water partition coefficient (Wildman–Crippen LogP) is 4.66. The average Bonchev–Trinajstić information content (AvgIpc) is 2.87. The number of carbonyl (C=O) groups is 2. The predicted molar refractivity (Wildman–Crippen MR) is 152 cm³/mol. The maximum absolute atomic E-state index is 14.0. The van der Waals surface area contributed by atoms with Gasteiger partial charge in [-0.15, -0.1) is 0 Å². The zero-order chi connectivity index (χ0) is 28.6. The Bertz CT molecular complexity index is 1390. The zero-order valence-corrected chi connectivity index (χ0v) is 23.8. The second-order valence-electron chi connectivity index (χ2n) is 9.75. The fourth-order valence-electron chi connectivity index (χ4n) is 4.05. The Morgan fingerprint density at radius 1 is 0.949 bits per heavy atom. The summed E-state index contributed by atoms with van der Waals surface area (Å²) in [7, 11) is -3.97. The van der Waals surface area contributed by atoms with Gasteiger partial charge in [0.1, 0.15) is 18.4 Å². The first kappa shape index (κ1) is 30.1. The van der Waals surface area contributed by atoms with E-state index >= 15 is 0 Å². The molecule has 7 nitrogen and oxygen atoms in total. The van der Waals surface area contributed by atoms with Crippen molar-refractivity contribution >= 4 is 39.1 Å². The summed E-state index contributed by atoms with van der Waals surface area (Å²) in [6.07, 6.45) is 1.15. The van der Waals surface area contributed by atoms with Crippen LogP contribution >= 0.6 is 11.6 Å². The van der Waals surface area contributed by atoms with Crippen LogP contribution in [0.15, 0.2) is 78.9 Å². The van der Waals surface area contributed by atoms with Crippen molar-refractivity contribution in [2.75, 3.05) is 23.7 Å². The van der Waals surface area contributed by atoms with E-state index in [1.165, 1.54) is 23.1 Å².